The van der Waals surface area contributed by atoms with Gasteiger partial charge in [0.05, 0.1) is 6.10 Å². The van der Waals surface area contributed by atoms with Gasteiger partial charge in [0.2, 0.25) is 0 Å². The van der Waals surface area contributed by atoms with Crippen LogP contribution in [0.25, 0.3) is 10.4 Å². The Bertz CT molecular complexity index is 188. The number of hydrogen-bond acceptors (Lipinski definition) is 2. The fourth-order valence-electron chi connectivity index (χ4n) is 0.318. The van der Waals surface area contributed by atoms with Gasteiger partial charge in [0.1, 0.15) is 6.61 Å². The van der Waals surface area contributed by atoms with Gasteiger partial charge < -0.3 is 4.74 Å². The monoisotopic (exact) mass is 183 g/mol. The Balaban J connectivity index is 0. The van der Waals surface area contributed by atoms with Gasteiger partial charge >= 0.3 is 0 Å². The minimum absolute atomic E-state index is 0.106. The van der Waals surface area contributed by atoms with Gasteiger partial charge in [-0.1, -0.05) is 24.9 Å². The molecule has 0 aromatic heterocycles. The normalized spacial score (nSPS) is 8.38. The number of rotatable bonds is 3. The highest BCUT2D eigenvalue weighted by molar-refractivity contribution is 4.82. The van der Waals surface area contributed by atoms with Crippen molar-refractivity contribution in [3.05, 3.63) is 10.4 Å². The number of hydrogen-bond donors (Lipinski definition) is 0. The fourth-order valence-corrected chi connectivity index (χ4v) is 0.318. The summed E-state index contributed by atoms with van der Waals surface area (Å²) in [5.74, 6) is 2.38. The van der Waals surface area contributed by atoms with Crippen LogP contribution in [0.5, 0.6) is 0 Å². The maximum Gasteiger partial charge on any atom is 0.107 e. The zero-order chi connectivity index (χ0) is 10.7. The van der Waals surface area contributed by atoms with Crippen LogP contribution in [-0.2, 0) is 4.74 Å². The first kappa shape index (κ1) is 14.4. The second-order valence-corrected chi connectivity index (χ2v) is 2.86. The van der Waals surface area contributed by atoms with Crippen LogP contribution < -0.4 is 0 Å². The first-order valence-corrected chi connectivity index (χ1v) is 4.13. The molecule has 0 amide bonds. The summed E-state index contributed by atoms with van der Waals surface area (Å²) in [6, 6.07) is 0.106. The molecule has 0 radical (unpaired) electrons. The zero-order valence-corrected chi connectivity index (χ0v) is 8.69. The first-order chi connectivity index (χ1) is 6.04. The van der Waals surface area contributed by atoms with E-state index < -0.39 is 0 Å². The van der Waals surface area contributed by atoms with Crippen molar-refractivity contribution < 1.29 is 4.74 Å². The van der Waals surface area contributed by atoms with Crippen LogP contribution in [-0.4, -0.2) is 18.8 Å². The standard InChI is InChI=1S/C6H10O.C3H7N3/c1-4-5-7-6(2)3;1-3(2)5-6-4/h1,6H,5H2,2-3H3;3H,1-2H3. The zero-order valence-electron chi connectivity index (χ0n) is 8.69. The van der Waals surface area contributed by atoms with Crippen LogP contribution in [0.15, 0.2) is 5.11 Å². The predicted molar refractivity (Wildman–Crippen MR) is 54.2 cm³/mol. The quantitative estimate of drug-likeness (QED) is 0.287. The van der Waals surface area contributed by atoms with Crippen molar-refractivity contribution in [1.82, 2.24) is 0 Å². The van der Waals surface area contributed by atoms with Crippen molar-refractivity contribution in [3.8, 4) is 12.3 Å². The molecular formula is C9H17N3O. The first-order valence-electron chi connectivity index (χ1n) is 4.13. The summed E-state index contributed by atoms with van der Waals surface area (Å²) in [6.45, 7) is 8.01. The third-order valence-electron chi connectivity index (χ3n) is 0.783. The van der Waals surface area contributed by atoms with E-state index >= 15 is 0 Å². The van der Waals surface area contributed by atoms with Crippen LogP contribution in [0.2, 0.25) is 0 Å². The summed E-state index contributed by atoms with van der Waals surface area (Å²) in [5, 5.41) is 3.31. The molecule has 0 bridgehead atoms. The van der Waals surface area contributed by atoms with E-state index in [9.17, 15) is 0 Å². The number of terminal acetylenes is 1. The Morgan fingerprint density at radius 2 is 2.00 bits per heavy atom. The number of nitrogens with zero attached hydrogens (tertiary/aromatic N) is 3. The molecule has 0 saturated carbocycles. The lowest BCUT2D eigenvalue weighted by atomic mass is 10.4. The van der Waals surface area contributed by atoms with Gasteiger partial charge in [0.25, 0.3) is 0 Å². The van der Waals surface area contributed by atoms with E-state index in [4.69, 9.17) is 16.7 Å². The SMILES string of the molecule is C#CCOC(C)C.CC(C)N=[N+]=[N-]. The van der Waals surface area contributed by atoms with E-state index in [1.807, 2.05) is 27.7 Å². The molecule has 0 aromatic carbocycles. The van der Waals surface area contributed by atoms with Crippen LogP contribution in [0.1, 0.15) is 27.7 Å². The largest absolute Gasteiger partial charge is 0.366 e. The highest BCUT2D eigenvalue weighted by Gasteiger charge is 1.85. The highest BCUT2D eigenvalue weighted by atomic mass is 16.5. The molecule has 0 aliphatic rings. The lowest BCUT2D eigenvalue weighted by Gasteiger charge is -1.99. The smallest absolute Gasteiger partial charge is 0.107 e. The predicted octanol–water partition coefficient (Wildman–Crippen LogP) is 2.75. The van der Waals surface area contributed by atoms with Gasteiger partial charge in [0.15, 0.2) is 0 Å². The number of ether oxygens (including phenoxy) is 1. The molecule has 0 rings (SSSR count). The third-order valence-corrected chi connectivity index (χ3v) is 0.783. The average Bonchev–Trinajstić information content (AvgIpc) is 2.01. The molecule has 0 unspecified atom stereocenters. The van der Waals surface area contributed by atoms with Crippen molar-refractivity contribution in [3.63, 3.8) is 0 Å². The van der Waals surface area contributed by atoms with E-state index in [-0.39, 0.29) is 12.1 Å². The average molecular weight is 183 g/mol. The summed E-state index contributed by atoms with van der Waals surface area (Å²) in [5.41, 5.74) is 7.70. The van der Waals surface area contributed by atoms with Gasteiger partial charge in [0, 0.05) is 11.0 Å². The highest BCUT2D eigenvalue weighted by Crippen LogP contribution is 1.83. The van der Waals surface area contributed by atoms with Crippen molar-refractivity contribution in [2.24, 2.45) is 5.11 Å². The van der Waals surface area contributed by atoms with E-state index in [1.54, 1.807) is 0 Å². The van der Waals surface area contributed by atoms with Crippen LogP contribution in [0.4, 0.5) is 0 Å². The minimum atomic E-state index is 0.106. The van der Waals surface area contributed by atoms with Gasteiger partial charge in [-0.05, 0) is 19.4 Å². The molecular weight excluding hydrogens is 166 g/mol. The molecule has 0 aromatic rings. The second kappa shape index (κ2) is 10.8. The van der Waals surface area contributed by atoms with Crippen molar-refractivity contribution in [2.45, 2.75) is 39.8 Å². The summed E-state index contributed by atoms with van der Waals surface area (Å²) < 4.78 is 4.95. The van der Waals surface area contributed by atoms with Crippen LogP contribution in [0.3, 0.4) is 0 Å². The molecule has 0 atom stereocenters. The molecule has 0 aliphatic carbocycles. The molecule has 74 valence electrons. The maximum atomic E-state index is 7.70. The van der Waals surface area contributed by atoms with Crippen molar-refractivity contribution in [2.75, 3.05) is 6.61 Å². The van der Waals surface area contributed by atoms with Gasteiger partial charge in [-0.3, -0.25) is 0 Å². The fraction of sp³-hybridized carbons (Fsp3) is 0.778. The Morgan fingerprint density at radius 1 is 1.46 bits per heavy atom. The molecule has 0 fully saturated rings. The van der Waals surface area contributed by atoms with Crippen LogP contribution >= 0.6 is 0 Å². The van der Waals surface area contributed by atoms with E-state index in [0.29, 0.717) is 6.61 Å². The van der Waals surface area contributed by atoms with Crippen LogP contribution in [0, 0.1) is 12.3 Å². The molecule has 13 heavy (non-hydrogen) atoms. The summed E-state index contributed by atoms with van der Waals surface area (Å²) in [4.78, 5) is 2.56. The van der Waals surface area contributed by atoms with E-state index in [2.05, 4.69) is 15.9 Å². The Labute approximate surface area is 79.9 Å². The minimum Gasteiger partial charge on any atom is -0.366 e. The van der Waals surface area contributed by atoms with Crippen molar-refractivity contribution >= 4 is 0 Å². The number of azide groups is 1. The van der Waals surface area contributed by atoms with Crippen molar-refractivity contribution in [1.29, 1.82) is 0 Å². The van der Waals surface area contributed by atoms with Gasteiger partial charge in [-0.15, -0.1) is 6.42 Å². The van der Waals surface area contributed by atoms with Gasteiger partial charge in [-0.2, -0.15) is 0 Å². The Hall–Kier alpha value is -1.17. The third kappa shape index (κ3) is 24.8. The van der Waals surface area contributed by atoms with Gasteiger partial charge in [-0.25, -0.2) is 0 Å². The lowest BCUT2D eigenvalue weighted by molar-refractivity contribution is 0.107. The Kier molecular flexibility index (Phi) is 12.0. The van der Waals surface area contributed by atoms with E-state index in [1.165, 1.54) is 0 Å². The lowest BCUT2D eigenvalue weighted by Crippen LogP contribution is -2.01. The molecule has 0 spiro atoms. The Morgan fingerprint density at radius 3 is 2.08 bits per heavy atom. The second-order valence-electron chi connectivity index (χ2n) is 2.86. The molecule has 0 heterocycles. The summed E-state index contributed by atoms with van der Waals surface area (Å²) in [7, 11) is 0. The molecule has 0 N–H and O–H groups in total. The topological polar surface area (TPSA) is 58.0 Å². The molecule has 4 nitrogen and oxygen atoms in total. The molecule has 4 heteroatoms. The van der Waals surface area contributed by atoms with E-state index in [0.717, 1.165) is 0 Å². The molecule has 0 aliphatic heterocycles. The summed E-state index contributed by atoms with van der Waals surface area (Å²) >= 11 is 0. The maximum absolute atomic E-state index is 7.70. The molecule has 0 saturated heterocycles. The summed E-state index contributed by atoms with van der Waals surface area (Å²) in [6.07, 6.45) is 5.16.